The van der Waals surface area contributed by atoms with E-state index in [1.165, 1.54) is 0 Å². The first-order valence-electron chi connectivity index (χ1n) is 11.3. The monoisotopic (exact) mass is 544 g/mol. The Kier molecular flexibility index (Phi) is 10.5. The summed E-state index contributed by atoms with van der Waals surface area (Å²) >= 11 is 0. The molecule has 0 radical (unpaired) electrons. The Morgan fingerprint density at radius 1 is 0.605 bits per heavy atom. The lowest BCUT2D eigenvalue weighted by molar-refractivity contribution is -0.144. The molecule has 2 aromatic rings. The van der Waals surface area contributed by atoms with Crippen LogP contribution in [0.1, 0.15) is 12.8 Å². The summed E-state index contributed by atoms with van der Waals surface area (Å²) in [6, 6.07) is 0. The summed E-state index contributed by atoms with van der Waals surface area (Å²) in [5, 5.41) is 18.2. The number of methoxy groups -OCH3 is 1. The largest absolute Gasteiger partial charge is 0.469 e. The first-order valence-corrected chi connectivity index (χ1v) is 11.3. The van der Waals surface area contributed by atoms with Crippen LogP contribution in [0.3, 0.4) is 0 Å². The first-order chi connectivity index (χ1) is 18.0. The highest BCUT2D eigenvalue weighted by molar-refractivity contribution is 5.69. The highest BCUT2D eigenvalue weighted by atomic mass is 16.5. The first kappa shape index (κ1) is 29.9. The molecule has 0 unspecified atom stereocenters. The molecule has 0 aliphatic carbocycles. The lowest BCUT2D eigenvalue weighted by Crippen LogP contribution is -2.55. The topological polar surface area (TPSA) is 225 Å². The summed E-state index contributed by atoms with van der Waals surface area (Å²) in [4.78, 5) is 98.1. The minimum Gasteiger partial charge on any atom is -0.469 e. The van der Waals surface area contributed by atoms with E-state index in [0.29, 0.717) is 27.4 Å². The van der Waals surface area contributed by atoms with E-state index < -0.39 is 98.5 Å². The predicted octanol–water partition coefficient (Wildman–Crippen LogP) is -5.62. The molecule has 2 N–H and O–H groups in total. The molecule has 2 heterocycles. The van der Waals surface area contributed by atoms with Crippen LogP contribution in [0.4, 0.5) is 0 Å². The fourth-order valence-corrected chi connectivity index (χ4v) is 3.42. The van der Waals surface area contributed by atoms with Gasteiger partial charge in [-0.05, 0) is 0 Å². The van der Waals surface area contributed by atoms with Gasteiger partial charge in [-0.3, -0.25) is 9.59 Å². The van der Waals surface area contributed by atoms with E-state index in [1.807, 2.05) is 0 Å². The van der Waals surface area contributed by atoms with Gasteiger partial charge in [-0.2, -0.15) is 0 Å². The lowest BCUT2D eigenvalue weighted by atomic mass is 10.4. The Morgan fingerprint density at radius 2 is 0.974 bits per heavy atom. The quantitative estimate of drug-likeness (QED) is 0.225. The van der Waals surface area contributed by atoms with Crippen LogP contribution in [0, 0.1) is 0 Å². The molecule has 2 rings (SSSR count). The van der Waals surface area contributed by atoms with Crippen LogP contribution >= 0.6 is 0 Å². The number of hydrogen-bond donors (Lipinski definition) is 2. The number of aliphatic hydroxyl groups is 2. The lowest BCUT2D eigenvalue weighted by Gasteiger charge is -2.13. The molecule has 0 spiro atoms. The van der Waals surface area contributed by atoms with Gasteiger partial charge < -0.3 is 19.7 Å². The van der Waals surface area contributed by atoms with Crippen LogP contribution in [0.2, 0.25) is 0 Å². The van der Waals surface area contributed by atoms with Crippen molar-refractivity contribution in [2.24, 2.45) is 7.05 Å². The second kappa shape index (κ2) is 13.3. The summed E-state index contributed by atoms with van der Waals surface area (Å²) in [7, 11) is 2.24. The third kappa shape index (κ3) is 6.51. The number of carbonyl (C=O) groups excluding carboxylic acids is 2. The fourth-order valence-electron chi connectivity index (χ4n) is 3.42. The van der Waals surface area contributed by atoms with E-state index in [0.717, 1.165) is 14.2 Å². The van der Waals surface area contributed by atoms with Gasteiger partial charge in [-0.15, -0.1) is 0 Å². The molecule has 0 aliphatic rings. The van der Waals surface area contributed by atoms with Gasteiger partial charge in [0.2, 0.25) is 0 Å². The highest BCUT2D eigenvalue weighted by Gasteiger charge is 2.17. The number of aromatic nitrogens is 6. The molecule has 0 aromatic carbocycles. The minimum atomic E-state index is -1.05. The number of hydrogen-bond acceptors (Lipinski definition) is 12. The zero-order chi connectivity index (χ0) is 28.6. The maximum atomic E-state index is 12.6. The molecule has 0 saturated heterocycles. The molecule has 0 bridgehead atoms. The molecule has 0 saturated carbocycles. The van der Waals surface area contributed by atoms with Crippen molar-refractivity contribution in [3.05, 3.63) is 62.9 Å². The van der Waals surface area contributed by atoms with Crippen molar-refractivity contribution in [2.75, 3.05) is 26.9 Å². The molecule has 38 heavy (non-hydrogen) atoms. The zero-order valence-electron chi connectivity index (χ0n) is 20.7. The van der Waals surface area contributed by atoms with E-state index in [1.54, 1.807) is 0 Å². The SMILES string of the molecule is COC(=O)CCn1c(=O)n(C)c(=O)n(CCC(=O)OCCn2c(=O)n(CCO)c(=O)n(CCO)c2=O)c1=O. The van der Waals surface area contributed by atoms with Gasteiger partial charge in [-0.1, -0.05) is 0 Å². The molecule has 0 aliphatic heterocycles. The number of esters is 2. The molecular formula is C20H28N6O12. The predicted molar refractivity (Wildman–Crippen MR) is 126 cm³/mol. The van der Waals surface area contributed by atoms with Gasteiger partial charge in [0.15, 0.2) is 0 Å². The molecule has 0 fully saturated rings. The number of rotatable bonds is 13. The van der Waals surface area contributed by atoms with E-state index in [2.05, 4.69) is 4.74 Å². The number of aliphatic hydroxyl groups excluding tert-OH is 2. The van der Waals surface area contributed by atoms with Crippen LogP contribution in [0.15, 0.2) is 28.8 Å². The molecule has 0 atom stereocenters. The highest BCUT2D eigenvalue weighted by Crippen LogP contribution is 1.91. The van der Waals surface area contributed by atoms with Gasteiger partial charge in [0, 0.05) is 20.1 Å². The summed E-state index contributed by atoms with van der Waals surface area (Å²) in [5.74, 6) is -1.60. The van der Waals surface area contributed by atoms with E-state index in [-0.39, 0.29) is 13.0 Å². The molecule has 18 heteroatoms. The Hall–Kier alpha value is -4.32. The van der Waals surface area contributed by atoms with Gasteiger partial charge in [-0.25, -0.2) is 56.2 Å². The van der Waals surface area contributed by atoms with Crippen molar-refractivity contribution >= 4 is 11.9 Å². The zero-order valence-corrected chi connectivity index (χ0v) is 20.7. The normalized spacial score (nSPS) is 10.9. The Labute approximate surface area is 211 Å². The molecule has 210 valence electrons. The summed E-state index contributed by atoms with van der Waals surface area (Å²) in [6.07, 6.45) is -0.811. The van der Waals surface area contributed by atoms with E-state index >= 15 is 0 Å². The maximum absolute atomic E-state index is 12.6. The van der Waals surface area contributed by atoms with Crippen molar-refractivity contribution in [2.45, 2.75) is 45.6 Å². The van der Waals surface area contributed by atoms with Crippen molar-refractivity contribution in [1.29, 1.82) is 0 Å². The molecular weight excluding hydrogens is 516 g/mol. The Morgan fingerprint density at radius 3 is 1.37 bits per heavy atom. The Balaban J connectivity index is 2.16. The van der Waals surface area contributed by atoms with Crippen molar-refractivity contribution < 1.29 is 29.3 Å². The minimum absolute atomic E-state index is 0.309. The van der Waals surface area contributed by atoms with Crippen LogP contribution < -0.4 is 34.1 Å². The summed E-state index contributed by atoms with van der Waals surface area (Å²) < 4.78 is 13.1. The Bertz CT molecular complexity index is 1490. The molecule has 2 aromatic heterocycles. The van der Waals surface area contributed by atoms with Crippen LogP contribution in [-0.4, -0.2) is 76.5 Å². The van der Waals surface area contributed by atoms with Crippen LogP contribution in [-0.2, 0) is 58.8 Å². The van der Waals surface area contributed by atoms with E-state index in [9.17, 15) is 38.4 Å². The van der Waals surface area contributed by atoms with Crippen molar-refractivity contribution in [1.82, 2.24) is 27.4 Å². The number of nitrogens with zero attached hydrogens (tertiary/aromatic N) is 6. The second-order valence-corrected chi connectivity index (χ2v) is 7.76. The number of ether oxygens (including phenoxy) is 2. The molecule has 18 nitrogen and oxygen atoms in total. The third-order valence-electron chi connectivity index (χ3n) is 5.41. The standard InChI is InChI=1S/C20H28N6O12/c1-21-15(31)22(5-3-13(29)37-2)17(33)23(16(21)32)6-4-14(30)38-12-9-26-19(35)24(7-10-27)18(34)25(8-11-28)20(26)36/h27-28H,3-12H2,1-2H3. The third-order valence-corrected chi connectivity index (χ3v) is 5.41. The average Bonchev–Trinajstić information content (AvgIpc) is 2.89. The van der Waals surface area contributed by atoms with Crippen LogP contribution in [0.5, 0.6) is 0 Å². The number of carbonyl (C=O) groups is 2. The van der Waals surface area contributed by atoms with E-state index in [4.69, 9.17) is 14.9 Å². The second-order valence-electron chi connectivity index (χ2n) is 7.76. The summed E-state index contributed by atoms with van der Waals surface area (Å²) in [6.45, 7) is -3.77. The van der Waals surface area contributed by atoms with Gasteiger partial charge in [0.05, 0.1) is 52.8 Å². The van der Waals surface area contributed by atoms with Crippen LogP contribution in [0.25, 0.3) is 0 Å². The average molecular weight is 544 g/mol. The van der Waals surface area contributed by atoms with Gasteiger partial charge in [0.1, 0.15) is 6.61 Å². The maximum Gasteiger partial charge on any atom is 0.336 e. The fraction of sp³-hybridized carbons (Fsp3) is 0.600. The van der Waals surface area contributed by atoms with Crippen molar-refractivity contribution in [3.8, 4) is 0 Å². The summed E-state index contributed by atoms with van der Waals surface area (Å²) in [5.41, 5.74) is -6.12. The smallest absolute Gasteiger partial charge is 0.336 e. The van der Waals surface area contributed by atoms with Gasteiger partial charge in [0.25, 0.3) is 0 Å². The molecule has 0 amide bonds. The van der Waals surface area contributed by atoms with Gasteiger partial charge >= 0.3 is 46.1 Å². The van der Waals surface area contributed by atoms with Crippen molar-refractivity contribution in [3.63, 3.8) is 0 Å².